The molecule has 0 saturated heterocycles. The molecule has 0 unspecified atom stereocenters. The number of nitrogens with one attached hydrogen (secondary N) is 1. The summed E-state index contributed by atoms with van der Waals surface area (Å²) < 4.78 is 0. The molecule has 0 spiro atoms. The summed E-state index contributed by atoms with van der Waals surface area (Å²) >= 11 is 11.9. The van der Waals surface area contributed by atoms with Crippen molar-refractivity contribution in [2.75, 3.05) is 23.3 Å². The summed E-state index contributed by atoms with van der Waals surface area (Å²) in [6.07, 6.45) is 2.67. The monoisotopic (exact) mass is 348 g/mol. The highest BCUT2D eigenvalue weighted by atomic mass is 35.5. The second-order valence-corrected chi connectivity index (χ2v) is 6.55. The molecule has 1 heterocycles. The van der Waals surface area contributed by atoms with Gasteiger partial charge in [-0.25, -0.2) is 0 Å². The molecule has 0 aromatic heterocycles. The lowest BCUT2D eigenvalue weighted by Gasteiger charge is -2.31. The van der Waals surface area contributed by atoms with Gasteiger partial charge in [-0.05, 0) is 42.7 Å². The second-order valence-electron chi connectivity index (χ2n) is 5.68. The van der Waals surface area contributed by atoms with E-state index in [1.807, 2.05) is 6.07 Å². The Labute approximate surface area is 146 Å². The van der Waals surface area contributed by atoms with Crippen LogP contribution < -0.4 is 10.2 Å². The molecule has 0 fully saturated rings. The number of anilines is 2. The van der Waals surface area contributed by atoms with E-state index >= 15 is 0 Å². The van der Waals surface area contributed by atoms with E-state index in [-0.39, 0.29) is 5.91 Å². The quantitative estimate of drug-likeness (QED) is 0.862. The van der Waals surface area contributed by atoms with E-state index in [0.717, 1.165) is 19.4 Å². The maximum atomic E-state index is 12.2. The number of rotatable bonds is 4. The van der Waals surface area contributed by atoms with Crippen molar-refractivity contribution < 1.29 is 4.79 Å². The molecule has 3 nitrogen and oxygen atoms in total. The molecule has 2 aromatic rings. The van der Waals surface area contributed by atoms with E-state index in [9.17, 15) is 4.79 Å². The number of hydrogen-bond donors (Lipinski definition) is 1. The molecule has 23 heavy (non-hydrogen) atoms. The summed E-state index contributed by atoms with van der Waals surface area (Å²) in [6.45, 7) is 1.70. The Bertz CT molecular complexity index is 698. The smallest absolute Gasteiger partial charge is 0.226 e. The van der Waals surface area contributed by atoms with Gasteiger partial charge in [-0.1, -0.05) is 41.4 Å². The lowest BCUT2D eigenvalue weighted by Crippen LogP contribution is -2.32. The van der Waals surface area contributed by atoms with E-state index in [0.29, 0.717) is 28.7 Å². The highest BCUT2D eigenvalue weighted by molar-refractivity contribution is 6.35. The van der Waals surface area contributed by atoms with Crippen LogP contribution >= 0.6 is 23.2 Å². The number of amides is 1. The molecule has 0 saturated carbocycles. The fourth-order valence-corrected chi connectivity index (χ4v) is 3.46. The van der Waals surface area contributed by atoms with E-state index < -0.39 is 0 Å². The van der Waals surface area contributed by atoms with Crippen molar-refractivity contribution in [1.29, 1.82) is 0 Å². The molecule has 1 aliphatic rings. The topological polar surface area (TPSA) is 32.3 Å². The van der Waals surface area contributed by atoms with Crippen LogP contribution in [0, 0.1) is 0 Å². The minimum absolute atomic E-state index is 0.0358. The summed E-state index contributed by atoms with van der Waals surface area (Å²) in [5.41, 5.74) is 3.24. The van der Waals surface area contributed by atoms with Crippen molar-refractivity contribution in [2.45, 2.75) is 19.3 Å². The summed E-state index contributed by atoms with van der Waals surface area (Å²) in [7, 11) is 0. The lowest BCUT2D eigenvalue weighted by molar-refractivity contribution is -0.116. The molecule has 5 heteroatoms. The van der Waals surface area contributed by atoms with Gasteiger partial charge in [0.05, 0.1) is 0 Å². The van der Waals surface area contributed by atoms with Gasteiger partial charge in [0.1, 0.15) is 0 Å². The zero-order valence-electron chi connectivity index (χ0n) is 12.7. The Balaban J connectivity index is 1.59. The lowest BCUT2D eigenvalue weighted by atomic mass is 10.0. The van der Waals surface area contributed by atoms with Gasteiger partial charge in [-0.15, -0.1) is 0 Å². The third-order valence-corrected chi connectivity index (χ3v) is 4.40. The maximum Gasteiger partial charge on any atom is 0.226 e. The average molecular weight is 349 g/mol. The highest BCUT2D eigenvalue weighted by Gasteiger charge is 2.16. The van der Waals surface area contributed by atoms with Gasteiger partial charge in [-0.2, -0.15) is 0 Å². The first-order valence-electron chi connectivity index (χ1n) is 7.70. The number of nitrogens with zero attached hydrogens (tertiary/aromatic N) is 1. The largest absolute Gasteiger partial charge is 0.371 e. The van der Waals surface area contributed by atoms with Crippen LogP contribution in [0.4, 0.5) is 11.4 Å². The fraction of sp³-hybridized carbons (Fsp3) is 0.278. The molecule has 0 radical (unpaired) electrons. The minimum atomic E-state index is -0.0358. The van der Waals surface area contributed by atoms with Crippen LogP contribution in [-0.2, 0) is 11.2 Å². The SMILES string of the molecule is O=C(CCN1CCCc2ccccc21)Nc1cc(Cl)cc(Cl)c1. The van der Waals surface area contributed by atoms with Crippen molar-refractivity contribution in [3.05, 3.63) is 58.1 Å². The van der Waals surface area contributed by atoms with Crippen molar-refractivity contribution in [3.8, 4) is 0 Å². The fourth-order valence-electron chi connectivity index (χ4n) is 2.93. The van der Waals surface area contributed by atoms with Crippen molar-refractivity contribution in [3.63, 3.8) is 0 Å². The van der Waals surface area contributed by atoms with Gasteiger partial charge in [-0.3, -0.25) is 4.79 Å². The van der Waals surface area contributed by atoms with Gasteiger partial charge in [0.2, 0.25) is 5.91 Å². The first-order valence-corrected chi connectivity index (χ1v) is 8.46. The van der Waals surface area contributed by atoms with E-state index in [1.54, 1.807) is 18.2 Å². The van der Waals surface area contributed by atoms with E-state index in [1.165, 1.54) is 11.3 Å². The first-order chi connectivity index (χ1) is 11.1. The van der Waals surface area contributed by atoms with Crippen LogP contribution in [0.3, 0.4) is 0 Å². The first kappa shape index (κ1) is 16.2. The molecule has 3 rings (SSSR count). The van der Waals surface area contributed by atoms with Crippen molar-refractivity contribution in [2.24, 2.45) is 0 Å². The van der Waals surface area contributed by atoms with Gasteiger partial charge in [0.25, 0.3) is 0 Å². The third kappa shape index (κ3) is 4.18. The maximum absolute atomic E-state index is 12.2. The number of carbonyl (C=O) groups excluding carboxylic acids is 1. The molecule has 1 N–H and O–H groups in total. The molecule has 0 atom stereocenters. The van der Waals surface area contributed by atoms with Crippen LogP contribution in [0.25, 0.3) is 0 Å². The summed E-state index contributed by atoms with van der Waals surface area (Å²) in [5.74, 6) is -0.0358. The van der Waals surface area contributed by atoms with E-state index in [2.05, 4.69) is 28.4 Å². The summed E-state index contributed by atoms with van der Waals surface area (Å²) in [5, 5.41) is 3.88. The predicted molar refractivity (Wildman–Crippen MR) is 96.7 cm³/mol. The zero-order valence-corrected chi connectivity index (χ0v) is 14.2. The number of fused-ring (bicyclic) bond motifs is 1. The standard InChI is InChI=1S/C18H18Cl2N2O/c19-14-10-15(20)12-16(11-14)21-18(23)7-9-22-8-3-5-13-4-1-2-6-17(13)22/h1-2,4,6,10-12H,3,5,7-9H2,(H,21,23). The van der Waals surface area contributed by atoms with Crippen LogP contribution in [-0.4, -0.2) is 19.0 Å². The Morgan fingerprint density at radius 1 is 1.13 bits per heavy atom. The zero-order chi connectivity index (χ0) is 16.2. The molecule has 1 amide bonds. The Kier molecular flexibility index (Phi) is 5.09. The van der Waals surface area contributed by atoms with Gasteiger partial charge in [0, 0.05) is 40.9 Å². The average Bonchev–Trinajstić information content (AvgIpc) is 2.52. The van der Waals surface area contributed by atoms with Crippen LogP contribution in [0.2, 0.25) is 10.0 Å². The number of carbonyl (C=O) groups is 1. The number of hydrogen-bond acceptors (Lipinski definition) is 2. The Morgan fingerprint density at radius 3 is 2.65 bits per heavy atom. The number of para-hydroxylation sites is 1. The molecule has 2 aromatic carbocycles. The molecule has 0 bridgehead atoms. The molecular weight excluding hydrogens is 331 g/mol. The number of benzene rings is 2. The van der Waals surface area contributed by atoms with Crippen LogP contribution in [0.1, 0.15) is 18.4 Å². The second kappa shape index (κ2) is 7.24. The summed E-state index contributed by atoms with van der Waals surface area (Å²) in [4.78, 5) is 14.4. The van der Waals surface area contributed by atoms with Crippen LogP contribution in [0.5, 0.6) is 0 Å². The molecule has 120 valence electrons. The summed E-state index contributed by atoms with van der Waals surface area (Å²) in [6, 6.07) is 13.4. The molecular formula is C18H18Cl2N2O. The molecule has 0 aliphatic carbocycles. The van der Waals surface area contributed by atoms with Crippen molar-refractivity contribution in [1.82, 2.24) is 0 Å². The molecule has 1 aliphatic heterocycles. The number of halogens is 2. The number of aryl methyl sites for hydroxylation is 1. The van der Waals surface area contributed by atoms with E-state index in [4.69, 9.17) is 23.2 Å². The predicted octanol–water partition coefficient (Wildman–Crippen LogP) is 4.77. The van der Waals surface area contributed by atoms with Gasteiger partial charge < -0.3 is 10.2 Å². The highest BCUT2D eigenvalue weighted by Crippen LogP contribution is 2.27. The minimum Gasteiger partial charge on any atom is -0.371 e. The van der Waals surface area contributed by atoms with Gasteiger partial charge in [0.15, 0.2) is 0 Å². The van der Waals surface area contributed by atoms with Gasteiger partial charge >= 0.3 is 0 Å². The normalized spacial score (nSPS) is 13.6. The Hall–Kier alpha value is -1.71. The van der Waals surface area contributed by atoms with Crippen LogP contribution in [0.15, 0.2) is 42.5 Å². The third-order valence-electron chi connectivity index (χ3n) is 3.96. The Morgan fingerprint density at radius 2 is 1.87 bits per heavy atom. The van der Waals surface area contributed by atoms with Crippen molar-refractivity contribution >= 4 is 40.5 Å².